The summed E-state index contributed by atoms with van der Waals surface area (Å²) in [5.74, 6) is 1.17. The standard InChI is InChI=1S/C14H20BrNO3/c1-5-7-19-13-11(15)8-10(9-12(13)18-4)14(17)16(3)6-2/h8-9H,5-7H2,1-4H3. The Morgan fingerprint density at radius 2 is 2.05 bits per heavy atom. The summed E-state index contributed by atoms with van der Waals surface area (Å²) in [6.07, 6.45) is 0.912. The van der Waals surface area contributed by atoms with E-state index >= 15 is 0 Å². The largest absolute Gasteiger partial charge is 0.493 e. The number of hydrogen-bond acceptors (Lipinski definition) is 3. The molecule has 0 spiro atoms. The zero-order valence-corrected chi connectivity index (χ0v) is 13.4. The van der Waals surface area contributed by atoms with Crippen molar-refractivity contribution in [2.75, 3.05) is 27.3 Å². The van der Waals surface area contributed by atoms with Gasteiger partial charge in [0, 0.05) is 19.2 Å². The van der Waals surface area contributed by atoms with Crippen molar-refractivity contribution in [3.63, 3.8) is 0 Å². The van der Waals surface area contributed by atoms with Crippen molar-refractivity contribution in [1.82, 2.24) is 4.90 Å². The number of rotatable bonds is 6. The van der Waals surface area contributed by atoms with Crippen molar-refractivity contribution in [3.05, 3.63) is 22.2 Å². The predicted octanol–water partition coefficient (Wildman–Crippen LogP) is 3.34. The van der Waals surface area contributed by atoms with Crippen LogP contribution in [0.15, 0.2) is 16.6 Å². The van der Waals surface area contributed by atoms with Crippen LogP contribution in [0, 0.1) is 0 Å². The quantitative estimate of drug-likeness (QED) is 0.803. The van der Waals surface area contributed by atoms with Gasteiger partial charge >= 0.3 is 0 Å². The van der Waals surface area contributed by atoms with Gasteiger partial charge in [-0.15, -0.1) is 0 Å². The van der Waals surface area contributed by atoms with Gasteiger partial charge in [-0.25, -0.2) is 0 Å². The molecule has 1 amide bonds. The highest BCUT2D eigenvalue weighted by Crippen LogP contribution is 2.37. The van der Waals surface area contributed by atoms with Crippen LogP contribution in [0.25, 0.3) is 0 Å². The molecule has 0 saturated carbocycles. The number of amides is 1. The molecule has 0 N–H and O–H groups in total. The Bertz CT molecular complexity index is 449. The van der Waals surface area contributed by atoms with Crippen LogP contribution in [-0.2, 0) is 0 Å². The number of halogens is 1. The molecule has 0 atom stereocenters. The predicted molar refractivity (Wildman–Crippen MR) is 79.1 cm³/mol. The minimum atomic E-state index is -0.0384. The third-order valence-corrected chi connectivity index (χ3v) is 3.34. The molecule has 0 fully saturated rings. The number of nitrogens with zero attached hydrogens (tertiary/aromatic N) is 1. The highest BCUT2D eigenvalue weighted by atomic mass is 79.9. The average Bonchev–Trinajstić information content (AvgIpc) is 2.43. The van der Waals surface area contributed by atoms with Gasteiger partial charge in [0.1, 0.15) is 0 Å². The number of ether oxygens (including phenoxy) is 2. The molecule has 0 unspecified atom stereocenters. The van der Waals surface area contributed by atoms with Gasteiger partial charge in [0.15, 0.2) is 11.5 Å². The van der Waals surface area contributed by atoms with Crippen molar-refractivity contribution < 1.29 is 14.3 Å². The number of benzene rings is 1. The summed E-state index contributed by atoms with van der Waals surface area (Å²) >= 11 is 3.43. The maximum atomic E-state index is 12.1. The molecule has 0 aliphatic rings. The van der Waals surface area contributed by atoms with E-state index in [2.05, 4.69) is 15.9 Å². The smallest absolute Gasteiger partial charge is 0.253 e. The van der Waals surface area contributed by atoms with E-state index in [0.717, 1.165) is 10.9 Å². The van der Waals surface area contributed by atoms with E-state index in [9.17, 15) is 4.79 Å². The second-order valence-electron chi connectivity index (χ2n) is 4.16. The first-order valence-corrected chi connectivity index (χ1v) is 7.10. The second-order valence-corrected chi connectivity index (χ2v) is 5.01. The van der Waals surface area contributed by atoms with E-state index in [1.165, 1.54) is 0 Å². The van der Waals surface area contributed by atoms with Crippen LogP contribution in [0.3, 0.4) is 0 Å². The Hall–Kier alpha value is -1.23. The molecule has 106 valence electrons. The maximum Gasteiger partial charge on any atom is 0.253 e. The van der Waals surface area contributed by atoms with E-state index in [1.54, 1.807) is 31.2 Å². The van der Waals surface area contributed by atoms with Gasteiger partial charge in [0.05, 0.1) is 18.2 Å². The van der Waals surface area contributed by atoms with Gasteiger partial charge in [-0.1, -0.05) is 6.92 Å². The fraction of sp³-hybridized carbons (Fsp3) is 0.500. The molecular formula is C14H20BrNO3. The summed E-state index contributed by atoms with van der Waals surface area (Å²) in [5, 5.41) is 0. The van der Waals surface area contributed by atoms with Crippen LogP contribution < -0.4 is 9.47 Å². The van der Waals surface area contributed by atoms with E-state index < -0.39 is 0 Å². The summed E-state index contributed by atoms with van der Waals surface area (Å²) < 4.78 is 11.7. The van der Waals surface area contributed by atoms with Crippen LogP contribution in [0.1, 0.15) is 30.6 Å². The fourth-order valence-corrected chi connectivity index (χ4v) is 2.11. The van der Waals surface area contributed by atoms with Crippen LogP contribution >= 0.6 is 15.9 Å². The molecule has 0 aromatic heterocycles. The summed E-state index contributed by atoms with van der Waals surface area (Å²) in [6, 6.07) is 3.48. The molecule has 4 nitrogen and oxygen atoms in total. The van der Waals surface area contributed by atoms with Crippen molar-refractivity contribution in [3.8, 4) is 11.5 Å². The first kappa shape index (κ1) is 15.8. The summed E-state index contributed by atoms with van der Waals surface area (Å²) in [5.41, 5.74) is 0.580. The SMILES string of the molecule is CCCOc1c(Br)cc(C(=O)N(C)CC)cc1OC. The van der Waals surface area contributed by atoms with Gasteiger partial charge in [0.2, 0.25) is 0 Å². The highest BCUT2D eigenvalue weighted by Gasteiger charge is 2.17. The van der Waals surface area contributed by atoms with Crippen molar-refractivity contribution in [2.24, 2.45) is 0 Å². The second kappa shape index (κ2) is 7.38. The molecule has 1 aromatic rings. The molecule has 0 heterocycles. The van der Waals surface area contributed by atoms with E-state index in [4.69, 9.17) is 9.47 Å². The topological polar surface area (TPSA) is 38.8 Å². The Morgan fingerprint density at radius 1 is 1.37 bits per heavy atom. The van der Waals surface area contributed by atoms with Gasteiger partial charge < -0.3 is 14.4 Å². The van der Waals surface area contributed by atoms with Crippen LogP contribution in [-0.4, -0.2) is 38.1 Å². The molecule has 0 bridgehead atoms. The number of carbonyl (C=O) groups excluding carboxylic acids is 1. The molecule has 5 heteroatoms. The monoisotopic (exact) mass is 329 g/mol. The van der Waals surface area contributed by atoms with Gasteiger partial charge in [0.25, 0.3) is 5.91 Å². The van der Waals surface area contributed by atoms with Gasteiger partial charge in [-0.05, 0) is 41.4 Å². The Labute approximate surface area is 122 Å². The first-order chi connectivity index (χ1) is 9.04. The molecular weight excluding hydrogens is 310 g/mol. The highest BCUT2D eigenvalue weighted by molar-refractivity contribution is 9.10. The normalized spacial score (nSPS) is 10.2. The Balaban J connectivity index is 3.11. The fourth-order valence-electron chi connectivity index (χ4n) is 1.55. The molecule has 0 saturated heterocycles. The number of hydrogen-bond donors (Lipinski definition) is 0. The molecule has 1 rings (SSSR count). The van der Waals surface area contributed by atoms with E-state index in [0.29, 0.717) is 30.2 Å². The van der Waals surface area contributed by atoms with Gasteiger partial charge in [-0.2, -0.15) is 0 Å². The lowest BCUT2D eigenvalue weighted by molar-refractivity contribution is 0.0802. The molecule has 0 aliphatic carbocycles. The lowest BCUT2D eigenvalue weighted by Crippen LogP contribution is -2.26. The van der Waals surface area contributed by atoms with E-state index in [-0.39, 0.29) is 5.91 Å². The van der Waals surface area contributed by atoms with Crippen LogP contribution in [0.5, 0.6) is 11.5 Å². The first-order valence-electron chi connectivity index (χ1n) is 6.30. The summed E-state index contributed by atoms with van der Waals surface area (Å²) in [7, 11) is 3.34. The zero-order valence-electron chi connectivity index (χ0n) is 11.8. The van der Waals surface area contributed by atoms with Crippen LogP contribution in [0.4, 0.5) is 0 Å². The molecule has 1 aromatic carbocycles. The van der Waals surface area contributed by atoms with Crippen molar-refractivity contribution >= 4 is 21.8 Å². The van der Waals surface area contributed by atoms with Crippen molar-refractivity contribution in [1.29, 1.82) is 0 Å². The van der Waals surface area contributed by atoms with E-state index in [1.807, 2.05) is 13.8 Å². The third kappa shape index (κ3) is 3.86. The van der Waals surface area contributed by atoms with Crippen LogP contribution in [0.2, 0.25) is 0 Å². The third-order valence-electron chi connectivity index (χ3n) is 2.75. The molecule has 19 heavy (non-hydrogen) atoms. The minimum Gasteiger partial charge on any atom is -0.493 e. The summed E-state index contributed by atoms with van der Waals surface area (Å²) in [6.45, 7) is 5.24. The van der Waals surface area contributed by atoms with Crippen molar-refractivity contribution in [2.45, 2.75) is 20.3 Å². The Kier molecular flexibility index (Phi) is 6.15. The zero-order chi connectivity index (χ0) is 14.4. The summed E-state index contributed by atoms with van der Waals surface area (Å²) in [4.78, 5) is 13.8. The Morgan fingerprint density at radius 3 is 2.58 bits per heavy atom. The van der Waals surface area contributed by atoms with Gasteiger partial charge in [-0.3, -0.25) is 4.79 Å². The minimum absolute atomic E-state index is 0.0384. The number of carbonyl (C=O) groups is 1. The lowest BCUT2D eigenvalue weighted by Gasteiger charge is -2.17. The average molecular weight is 330 g/mol. The molecule has 0 aliphatic heterocycles. The maximum absolute atomic E-state index is 12.1. The molecule has 0 radical (unpaired) electrons. The lowest BCUT2D eigenvalue weighted by atomic mass is 10.1. The number of methoxy groups -OCH3 is 1.